The molecule has 3 aromatic rings. The third kappa shape index (κ3) is 2.86. The van der Waals surface area contributed by atoms with Crippen LogP contribution in [-0.2, 0) is 4.79 Å². The standard InChI is InChI=1S/C20H17N3O3/c21-19(24)14-6-2-4-8-16(14)23-12-11-17(20(23)25)26-18-10-9-13-5-1-3-7-15(13)22-18/h1-10,17H,11-12H2,(H2,21,24). The molecule has 4 rings (SSSR count). The van der Waals surface area contributed by atoms with Gasteiger partial charge in [-0.05, 0) is 24.3 Å². The Balaban J connectivity index is 1.56. The molecule has 2 heterocycles. The monoisotopic (exact) mass is 347 g/mol. The van der Waals surface area contributed by atoms with Gasteiger partial charge in [0, 0.05) is 24.4 Å². The van der Waals surface area contributed by atoms with Crippen molar-refractivity contribution in [3.8, 4) is 5.88 Å². The number of para-hydroxylation sites is 2. The Morgan fingerprint density at radius 3 is 2.69 bits per heavy atom. The number of primary amides is 1. The number of aromatic nitrogens is 1. The molecular weight excluding hydrogens is 330 g/mol. The first-order chi connectivity index (χ1) is 12.6. The van der Waals surface area contributed by atoms with Crippen molar-refractivity contribution in [1.82, 2.24) is 4.98 Å². The Hall–Kier alpha value is -3.41. The van der Waals surface area contributed by atoms with Crippen LogP contribution in [0.1, 0.15) is 16.8 Å². The van der Waals surface area contributed by atoms with Crippen molar-refractivity contribution < 1.29 is 14.3 Å². The van der Waals surface area contributed by atoms with Crippen molar-refractivity contribution in [2.24, 2.45) is 5.73 Å². The van der Waals surface area contributed by atoms with Crippen molar-refractivity contribution in [1.29, 1.82) is 0 Å². The zero-order valence-corrected chi connectivity index (χ0v) is 14.0. The highest BCUT2D eigenvalue weighted by atomic mass is 16.5. The number of benzene rings is 2. The lowest BCUT2D eigenvalue weighted by atomic mass is 10.1. The molecule has 2 N–H and O–H groups in total. The number of nitrogens with two attached hydrogens (primary N) is 1. The molecule has 2 amide bonds. The van der Waals surface area contributed by atoms with Crippen molar-refractivity contribution in [2.75, 3.05) is 11.4 Å². The van der Waals surface area contributed by atoms with Crippen LogP contribution in [0, 0.1) is 0 Å². The zero-order valence-electron chi connectivity index (χ0n) is 14.0. The van der Waals surface area contributed by atoms with Crippen LogP contribution in [0.15, 0.2) is 60.7 Å². The largest absolute Gasteiger partial charge is 0.464 e. The molecule has 1 atom stereocenters. The van der Waals surface area contributed by atoms with Gasteiger partial charge in [-0.25, -0.2) is 4.98 Å². The van der Waals surface area contributed by atoms with Crippen LogP contribution in [0.4, 0.5) is 5.69 Å². The van der Waals surface area contributed by atoms with Gasteiger partial charge in [-0.1, -0.05) is 30.3 Å². The lowest BCUT2D eigenvalue weighted by molar-refractivity contribution is -0.123. The van der Waals surface area contributed by atoms with Crippen LogP contribution in [0.25, 0.3) is 10.9 Å². The number of pyridine rings is 1. The van der Waals surface area contributed by atoms with Crippen LogP contribution in [0.3, 0.4) is 0 Å². The summed E-state index contributed by atoms with van der Waals surface area (Å²) in [4.78, 5) is 30.4. The molecule has 130 valence electrons. The molecule has 6 heteroatoms. The van der Waals surface area contributed by atoms with E-state index in [1.807, 2.05) is 30.3 Å². The van der Waals surface area contributed by atoms with Gasteiger partial charge in [-0.15, -0.1) is 0 Å². The van der Waals surface area contributed by atoms with Gasteiger partial charge in [0.25, 0.3) is 11.8 Å². The second-order valence-electron chi connectivity index (χ2n) is 6.11. The first kappa shape index (κ1) is 16.1. The molecule has 1 aromatic heterocycles. The minimum absolute atomic E-state index is 0.200. The van der Waals surface area contributed by atoms with Crippen LogP contribution in [-0.4, -0.2) is 29.4 Å². The topological polar surface area (TPSA) is 85.5 Å². The lowest BCUT2D eigenvalue weighted by Gasteiger charge is -2.19. The second-order valence-corrected chi connectivity index (χ2v) is 6.11. The van der Waals surface area contributed by atoms with E-state index in [0.717, 1.165) is 10.9 Å². The van der Waals surface area contributed by atoms with Crippen LogP contribution >= 0.6 is 0 Å². The number of carbonyl (C=O) groups excluding carboxylic acids is 2. The van der Waals surface area contributed by atoms with E-state index in [9.17, 15) is 9.59 Å². The quantitative estimate of drug-likeness (QED) is 0.786. The van der Waals surface area contributed by atoms with E-state index in [0.29, 0.717) is 30.1 Å². The first-order valence-electron chi connectivity index (χ1n) is 8.36. The number of anilines is 1. The fraction of sp³-hybridized carbons (Fsp3) is 0.150. The van der Waals surface area contributed by atoms with Crippen molar-refractivity contribution in [3.05, 3.63) is 66.2 Å². The molecule has 0 radical (unpaired) electrons. The van der Waals surface area contributed by atoms with Gasteiger partial charge in [-0.2, -0.15) is 0 Å². The Morgan fingerprint density at radius 2 is 1.85 bits per heavy atom. The average Bonchev–Trinajstić information content (AvgIpc) is 3.02. The molecule has 1 aliphatic heterocycles. The molecule has 0 spiro atoms. The van der Waals surface area contributed by atoms with Gasteiger partial charge in [0.1, 0.15) is 0 Å². The van der Waals surface area contributed by atoms with E-state index in [2.05, 4.69) is 4.98 Å². The highest BCUT2D eigenvalue weighted by molar-refractivity contribution is 6.06. The normalized spacial score (nSPS) is 16.8. The average molecular weight is 347 g/mol. The molecule has 1 saturated heterocycles. The van der Waals surface area contributed by atoms with Crippen molar-refractivity contribution in [2.45, 2.75) is 12.5 Å². The molecule has 1 fully saturated rings. The molecule has 0 saturated carbocycles. The zero-order chi connectivity index (χ0) is 18.1. The Kier molecular flexibility index (Phi) is 4.01. The summed E-state index contributed by atoms with van der Waals surface area (Å²) in [5, 5.41) is 1.01. The van der Waals surface area contributed by atoms with Crippen molar-refractivity contribution >= 4 is 28.4 Å². The summed E-state index contributed by atoms with van der Waals surface area (Å²) in [6.07, 6.45) is -0.120. The summed E-state index contributed by atoms with van der Waals surface area (Å²) in [7, 11) is 0. The Morgan fingerprint density at radius 1 is 1.08 bits per heavy atom. The summed E-state index contributed by atoms with van der Waals surface area (Å²) in [5.41, 5.74) is 7.07. The fourth-order valence-electron chi connectivity index (χ4n) is 3.18. The maximum absolute atomic E-state index is 12.8. The van der Waals surface area contributed by atoms with E-state index in [-0.39, 0.29) is 5.91 Å². The minimum atomic E-state index is -0.635. The van der Waals surface area contributed by atoms with E-state index in [1.165, 1.54) is 0 Å². The summed E-state index contributed by atoms with van der Waals surface area (Å²) < 4.78 is 5.83. The second kappa shape index (κ2) is 6.48. The molecule has 0 aliphatic carbocycles. The van der Waals surface area contributed by atoms with Crippen LogP contribution in [0.5, 0.6) is 5.88 Å². The third-order valence-corrected chi connectivity index (χ3v) is 4.45. The van der Waals surface area contributed by atoms with Crippen LogP contribution in [0.2, 0.25) is 0 Å². The summed E-state index contributed by atoms with van der Waals surface area (Å²) in [5.74, 6) is -0.352. The molecule has 1 aliphatic rings. The van der Waals surface area contributed by atoms with Gasteiger partial charge in [0.2, 0.25) is 5.88 Å². The van der Waals surface area contributed by atoms with Gasteiger partial charge in [-0.3, -0.25) is 9.59 Å². The summed E-state index contributed by atoms with van der Waals surface area (Å²) in [6.45, 7) is 0.460. The lowest BCUT2D eigenvalue weighted by Crippen LogP contribution is -2.33. The van der Waals surface area contributed by atoms with E-state index in [1.54, 1.807) is 35.2 Å². The molecule has 26 heavy (non-hydrogen) atoms. The smallest absolute Gasteiger partial charge is 0.268 e. The predicted molar refractivity (Wildman–Crippen MR) is 98.1 cm³/mol. The number of amides is 2. The van der Waals surface area contributed by atoms with Gasteiger partial charge < -0.3 is 15.4 Å². The van der Waals surface area contributed by atoms with E-state index in [4.69, 9.17) is 10.5 Å². The Bertz CT molecular complexity index is 1000. The number of rotatable bonds is 4. The number of fused-ring (bicyclic) bond motifs is 1. The van der Waals surface area contributed by atoms with E-state index >= 15 is 0 Å². The fourth-order valence-corrected chi connectivity index (χ4v) is 3.18. The number of hydrogen-bond donors (Lipinski definition) is 1. The van der Waals surface area contributed by atoms with Gasteiger partial charge in [0.15, 0.2) is 6.10 Å². The molecule has 6 nitrogen and oxygen atoms in total. The highest BCUT2D eigenvalue weighted by Gasteiger charge is 2.36. The van der Waals surface area contributed by atoms with Gasteiger partial charge in [0.05, 0.1) is 16.8 Å². The molecule has 0 bridgehead atoms. The maximum Gasteiger partial charge on any atom is 0.268 e. The van der Waals surface area contributed by atoms with Crippen molar-refractivity contribution in [3.63, 3.8) is 0 Å². The third-order valence-electron chi connectivity index (χ3n) is 4.45. The summed E-state index contributed by atoms with van der Waals surface area (Å²) >= 11 is 0. The highest BCUT2D eigenvalue weighted by Crippen LogP contribution is 2.27. The molecule has 2 aromatic carbocycles. The predicted octanol–water partition coefficient (Wildman–Crippen LogP) is 2.52. The molecule has 1 unspecified atom stereocenters. The van der Waals surface area contributed by atoms with Crippen LogP contribution < -0.4 is 15.4 Å². The SMILES string of the molecule is NC(=O)c1ccccc1N1CCC(Oc2ccc3ccccc3n2)C1=O. The van der Waals surface area contributed by atoms with E-state index < -0.39 is 12.0 Å². The molecular formula is C20H17N3O3. The number of nitrogens with zero attached hydrogens (tertiary/aromatic N) is 2. The maximum atomic E-state index is 12.8. The summed E-state index contributed by atoms with van der Waals surface area (Å²) in [6, 6.07) is 18.2. The minimum Gasteiger partial charge on any atom is -0.464 e. The van der Waals surface area contributed by atoms with Gasteiger partial charge >= 0.3 is 0 Å². The Labute approximate surface area is 150 Å². The number of carbonyl (C=O) groups is 2. The first-order valence-corrected chi connectivity index (χ1v) is 8.36. The number of ether oxygens (including phenoxy) is 1. The number of hydrogen-bond acceptors (Lipinski definition) is 4.